The van der Waals surface area contributed by atoms with Gasteiger partial charge in [0, 0.05) is 12.6 Å². The first-order valence-corrected chi connectivity index (χ1v) is 14.4. The average Bonchev–Trinajstić information content (AvgIpc) is 2.77. The molecule has 0 aromatic heterocycles. The second kappa shape index (κ2) is 15.7. The van der Waals surface area contributed by atoms with E-state index in [0.717, 1.165) is 55.2 Å². The first-order chi connectivity index (χ1) is 17.7. The van der Waals surface area contributed by atoms with Crippen molar-refractivity contribution in [3.8, 4) is 0 Å². The molecule has 2 N–H and O–H groups in total. The lowest BCUT2D eigenvalue weighted by Crippen LogP contribution is -2.55. The molecule has 0 aliphatic rings. The number of carbonyl (C=O) groups excluding carboxylic acids is 3. The van der Waals surface area contributed by atoms with Crippen molar-refractivity contribution in [1.29, 1.82) is 0 Å². The highest BCUT2D eigenvalue weighted by molar-refractivity contribution is 5.92. The molecule has 1 aromatic rings. The van der Waals surface area contributed by atoms with Crippen LogP contribution in [0, 0.1) is 19.8 Å². The zero-order valence-electron chi connectivity index (χ0n) is 25.6. The Kier molecular flexibility index (Phi) is 13.9. The topological polar surface area (TPSA) is 87.7 Å². The molecule has 1 aromatic carbocycles. The Morgan fingerprint density at radius 2 is 1.50 bits per heavy atom. The molecule has 0 bridgehead atoms. The summed E-state index contributed by atoms with van der Waals surface area (Å²) in [5.41, 5.74) is 2.16. The molecule has 3 atom stereocenters. The van der Waals surface area contributed by atoms with E-state index < -0.39 is 23.8 Å². The molecule has 0 aliphatic carbocycles. The Balaban J connectivity index is 3.54. The van der Waals surface area contributed by atoms with E-state index in [1.165, 1.54) is 0 Å². The van der Waals surface area contributed by atoms with Gasteiger partial charge in [0.15, 0.2) is 0 Å². The number of alkyl carbamates (subject to hydrolysis) is 1. The van der Waals surface area contributed by atoms with Gasteiger partial charge in [-0.2, -0.15) is 0 Å². The number of hydrogen-bond acceptors (Lipinski definition) is 4. The molecule has 0 heterocycles. The number of nitrogens with one attached hydrogen (secondary N) is 2. The number of unbranched alkanes of at least 4 members (excludes halogenated alkanes) is 3. The Morgan fingerprint density at radius 3 is 2.00 bits per heavy atom. The molecule has 0 saturated carbocycles. The first-order valence-electron chi connectivity index (χ1n) is 14.4. The Hall–Kier alpha value is -2.57. The largest absolute Gasteiger partial charge is 0.444 e. The predicted octanol–water partition coefficient (Wildman–Crippen LogP) is 6.61. The summed E-state index contributed by atoms with van der Waals surface area (Å²) in [5.74, 6) is -0.667. The Bertz CT molecular complexity index is 887. The van der Waals surface area contributed by atoms with Crippen molar-refractivity contribution in [2.75, 3.05) is 6.54 Å². The van der Waals surface area contributed by atoms with Gasteiger partial charge in [0.05, 0.1) is 0 Å². The molecule has 0 aliphatic heterocycles. The van der Waals surface area contributed by atoms with Gasteiger partial charge in [0.2, 0.25) is 11.8 Å². The van der Waals surface area contributed by atoms with Gasteiger partial charge in [-0.3, -0.25) is 9.59 Å². The molecule has 216 valence electrons. The lowest BCUT2D eigenvalue weighted by molar-refractivity contribution is -0.143. The summed E-state index contributed by atoms with van der Waals surface area (Å²) in [5, 5.41) is 5.95. The average molecular weight is 532 g/mol. The van der Waals surface area contributed by atoms with Gasteiger partial charge in [0.1, 0.15) is 17.7 Å². The normalized spacial score (nSPS) is 14.0. The van der Waals surface area contributed by atoms with E-state index in [9.17, 15) is 14.4 Å². The third kappa shape index (κ3) is 11.4. The standard InChI is InChI=1S/C31H53N3O4/c1-11-13-14-15-17-34(29(36)26(21(3)4)33-30(37)38-31(8,9)10)27(28(35)32-24(7)16-12-2)25-19-22(5)18-23(6)20-25/h18-21,24,26-27H,11-17H2,1-10H3,(H,32,35)(H,33,37). The van der Waals surface area contributed by atoms with Crippen LogP contribution in [0.25, 0.3) is 0 Å². The summed E-state index contributed by atoms with van der Waals surface area (Å²) in [6.07, 6.45) is 5.02. The van der Waals surface area contributed by atoms with Crippen LogP contribution >= 0.6 is 0 Å². The summed E-state index contributed by atoms with van der Waals surface area (Å²) >= 11 is 0. The highest BCUT2D eigenvalue weighted by Crippen LogP contribution is 2.27. The Labute approximate surface area is 231 Å². The molecule has 7 nitrogen and oxygen atoms in total. The smallest absolute Gasteiger partial charge is 0.408 e. The third-order valence-corrected chi connectivity index (χ3v) is 6.37. The van der Waals surface area contributed by atoms with Crippen molar-refractivity contribution in [3.05, 3.63) is 34.9 Å². The maximum atomic E-state index is 14.2. The van der Waals surface area contributed by atoms with Gasteiger partial charge in [-0.05, 0) is 65.9 Å². The van der Waals surface area contributed by atoms with Crippen LogP contribution in [0.3, 0.4) is 0 Å². The number of rotatable bonds is 14. The fraction of sp³-hybridized carbons (Fsp3) is 0.710. The number of carbonyl (C=O) groups is 3. The SMILES string of the molecule is CCCCCCN(C(=O)C(NC(=O)OC(C)(C)C)C(C)C)C(C(=O)NC(C)CCC)c1cc(C)cc(C)c1. The van der Waals surface area contributed by atoms with E-state index >= 15 is 0 Å². The highest BCUT2D eigenvalue weighted by Gasteiger charge is 2.37. The van der Waals surface area contributed by atoms with E-state index in [1.807, 2.05) is 46.8 Å². The fourth-order valence-electron chi connectivity index (χ4n) is 4.67. The van der Waals surface area contributed by atoms with Crippen molar-refractivity contribution in [2.45, 2.75) is 131 Å². The summed E-state index contributed by atoms with van der Waals surface area (Å²) < 4.78 is 5.46. The minimum atomic E-state index is -0.828. The summed E-state index contributed by atoms with van der Waals surface area (Å²) in [6, 6.07) is 4.39. The van der Waals surface area contributed by atoms with Crippen LogP contribution in [0.2, 0.25) is 0 Å². The first kappa shape index (κ1) is 33.5. The molecule has 0 spiro atoms. The van der Waals surface area contributed by atoms with Crippen molar-refractivity contribution >= 4 is 17.9 Å². The van der Waals surface area contributed by atoms with Crippen LogP contribution in [0.4, 0.5) is 4.79 Å². The van der Waals surface area contributed by atoms with Crippen LogP contribution in [-0.4, -0.2) is 47.0 Å². The third-order valence-electron chi connectivity index (χ3n) is 6.37. The number of amides is 3. The number of ether oxygens (including phenoxy) is 1. The molecule has 1 rings (SSSR count). The molecule has 3 amide bonds. The zero-order chi connectivity index (χ0) is 29.0. The fourth-order valence-corrected chi connectivity index (χ4v) is 4.67. The second-order valence-corrected chi connectivity index (χ2v) is 12.0. The number of benzene rings is 1. The van der Waals surface area contributed by atoms with Gasteiger partial charge in [0.25, 0.3) is 0 Å². The van der Waals surface area contributed by atoms with Crippen molar-refractivity contribution in [1.82, 2.24) is 15.5 Å². The maximum absolute atomic E-state index is 14.2. The Morgan fingerprint density at radius 1 is 0.895 bits per heavy atom. The highest BCUT2D eigenvalue weighted by atomic mass is 16.6. The molecule has 0 fully saturated rings. The van der Waals surface area contributed by atoms with Crippen LogP contribution in [0.15, 0.2) is 18.2 Å². The quantitative estimate of drug-likeness (QED) is 0.265. The molecule has 38 heavy (non-hydrogen) atoms. The maximum Gasteiger partial charge on any atom is 0.408 e. The molecular formula is C31H53N3O4. The zero-order valence-corrected chi connectivity index (χ0v) is 25.6. The van der Waals surface area contributed by atoms with Crippen LogP contribution in [0.1, 0.15) is 117 Å². The summed E-state index contributed by atoms with van der Waals surface area (Å²) in [4.78, 5) is 42.5. The molecular weight excluding hydrogens is 478 g/mol. The minimum absolute atomic E-state index is 0.0151. The molecule has 3 unspecified atom stereocenters. The monoisotopic (exact) mass is 531 g/mol. The molecule has 7 heteroatoms. The summed E-state index contributed by atoms with van der Waals surface area (Å²) in [7, 11) is 0. The van der Waals surface area contributed by atoms with Crippen LogP contribution < -0.4 is 10.6 Å². The van der Waals surface area contributed by atoms with Gasteiger partial charge < -0.3 is 20.3 Å². The van der Waals surface area contributed by atoms with Gasteiger partial charge in [-0.1, -0.05) is 82.7 Å². The lowest BCUT2D eigenvalue weighted by Gasteiger charge is -2.36. The predicted molar refractivity (Wildman–Crippen MR) is 155 cm³/mol. The number of nitrogens with zero attached hydrogens (tertiary/aromatic N) is 1. The van der Waals surface area contributed by atoms with Crippen molar-refractivity contribution in [3.63, 3.8) is 0 Å². The van der Waals surface area contributed by atoms with E-state index in [1.54, 1.807) is 25.7 Å². The number of aryl methyl sites for hydroxylation is 2. The molecule has 0 saturated heterocycles. The van der Waals surface area contributed by atoms with Gasteiger partial charge in [-0.25, -0.2) is 4.79 Å². The summed E-state index contributed by atoms with van der Waals surface area (Å²) in [6.45, 7) is 19.8. The van der Waals surface area contributed by atoms with Crippen molar-refractivity contribution in [2.24, 2.45) is 5.92 Å². The van der Waals surface area contributed by atoms with E-state index in [4.69, 9.17) is 4.74 Å². The van der Waals surface area contributed by atoms with Gasteiger partial charge in [-0.15, -0.1) is 0 Å². The van der Waals surface area contributed by atoms with E-state index in [2.05, 4.69) is 30.5 Å². The second-order valence-electron chi connectivity index (χ2n) is 12.0. The minimum Gasteiger partial charge on any atom is -0.444 e. The van der Waals surface area contributed by atoms with E-state index in [0.29, 0.717) is 6.54 Å². The van der Waals surface area contributed by atoms with Crippen molar-refractivity contribution < 1.29 is 19.1 Å². The van der Waals surface area contributed by atoms with Crippen LogP contribution in [0.5, 0.6) is 0 Å². The van der Waals surface area contributed by atoms with Gasteiger partial charge >= 0.3 is 6.09 Å². The number of hydrogen-bond donors (Lipinski definition) is 2. The van der Waals surface area contributed by atoms with E-state index in [-0.39, 0.29) is 23.8 Å². The lowest BCUT2D eigenvalue weighted by atomic mass is 9.96. The molecule has 0 radical (unpaired) electrons. The van der Waals surface area contributed by atoms with Crippen LogP contribution in [-0.2, 0) is 14.3 Å².